The molecule has 4 aliphatic rings. The summed E-state index contributed by atoms with van der Waals surface area (Å²) in [5.74, 6) is 0. The Balaban J connectivity index is 1.40. The van der Waals surface area contributed by atoms with E-state index < -0.39 is 0 Å². The molecule has 4 aliphatic heterocycles. The summed E-state index contributed by atoms with van der Waals surface area (Å²) in [6.07, 6.45) is 1.28. The van der Waals surface area contributed by atoms with Gasteiger partial charge in [0.15, 0.2) is 19.4 Å². The largest absolute Gasteiger partial charge is 0.379 e. The zero-order valence-electron chi connectivity index (χ0n) is 9.45. The quantitative estimate of drug-likeness (QED) is 0.647. The van der Waals surface area contributed by atoms with Crippen LogP contribution in [0.4, 0.5) is 0 Å². The lowest BCUT2D eigenvalue weighted by Crippen LogP contribution is -2.33. The lowest BCUT2D eigenvalue weighted by atomic mass is 10.1. The fourth-order valence-corrected chi connectivity index (χ4v) is 2.84. The fourth-order valence-electron chi connectivity index (χ4n) is 2.84. The third kappa shape index (κ3) is 1.80. The summed E-state index contributed by atoms with van der Waals surface area (Å²) in [7, 11) is 0. The first-order valence-electron chi connectivity index (χ1n) is 6.17. The van der Waals surface area contributed by atoms with Crippen molar-refractivity contribution in [3.05, 3.63) is 0 Å². The van der Waals surface area contributed by atoms with E-state index in [1.807, 2.05) is 0 Å². The van der Waals surface area contributed by atoms with Gasteiger partial charge in [-0.05, 0) is 6.42 Å². The molecule has 6 nitrogen and oxygen atoms in total. The van der Waals surface area contributed by atoms with Gasteiger partial charge in [0, 0.05) is 13.0 Å². The van der Waals surface area contributed by atoms with Crippen molar-refractivity contribution in [1.82, 2.24) is 0 Å². The van der Waals surface area contributed by atoms with Crippen LogP contribution in [0.15, 0.2) is 0 Å². The normalized spacial score (nSPS) is 53.6. The van der Waals surface area contributed by atoms with Crippen LogP contribution in [-0.4, -0.2) is 57.0 Å². The van der Waals surface area contributed by atoms with Crippen LogP contribution in [0.5, 0.6) is 0 Å². The molecule has 6 unspecified atom stereocenters. The van der Waals surface area contributed by atoms with Gasteiger partial charge in [0.25, 0.3) is 0 Å². The van der Waals surface area contributed by atoms with Crippen molar-refractivity contribution < 1.29 is 28.4 Å². The van der Waals surface area contributed by atoms with Gasteiger partial charge in [0.1, 0.15) is 18.3 Å². The molecular formula is C11H16O6. The number of rotatable bonds is 1. The van der Waals surface area contributed by atoms with E-state index in [1.165, 1.54) is 0 Å². The van der Waals surface area contributed by atoms with E-state index in [-0.39, 0.29) is 37.0 Å². The minimum Gasteiger partial charge on any atom is -0.379 e. The Bertz CT molecular complexity index is 272. The van der Waals surface area contributed by atoms with Crippen LogP contribution in [0.1, 0.15) is 12.8 Å². The molecule has 96 valence electrons. The molecule has 0 saturated carbocycles. The molecule has 4 saturated heterocycles. The molecule has 0 aliphatic carbocycles. The maximum absolute atomic E-state index is 5.88. The first-order chi connectivity index (χ1) is 8.40. The van der Waals surface area contributed by atoms with Crippen molar-refractivity contribution in [2.24, 2.45) is 0 Å². The summed E-state index contributed by atoms with van der Waals surface area (Å²) in [4.78, 5) is 0. The molecule has 17 heavy (non-hydrogen) atoms. The second-order valence-electron chi connectivity index (χ2n) is 4.85. The van der Waals surface area contributed by atoms with E-state index in [2.05, 4.69) is 0 Å². The molecular weight excluding hydrogens is 228 g/mol. The Labute approximate surface area is 99.0 Å². The Kier molecular flexibility index (Phi) is 2.60. The lowest BCUT2D eigenvalue weighted by molar-refractivity contribution is -0.193. The van der Waals surface area contributed by atoms with Crippen molar-refractivity contribution in [1.29, 1.82) is 0 Å². The molecule has 4 heterocycles. The van der Waals surface area contributed by atoms with E-state index in [1.54, 1.807) is 0 Å². The van der Waals surface area contributed by atoms with Crippen LogP contribution in [0.3, 0.4) is 0 Å². The summed E-state index contributed by atoms with van der Waals surface area (Å²) in [5, 5.41) is 0. The summed E-state index contributed by atoms with van der Waals surface area (Å²) in [6, 6.07) is 0. The Hall–Kier alpha value is -0.240. The van der Waals surface area contributed by atoms with Crippen molar-refractivity contribution in [3.8, 4) is 0 Å². The summed E-state index contributed by atoms with van der Waals surface area (Å²) < 4.78 is 33.5. The second-order valence-corrected chi connectivity index (χ2v) is 4.85. The van der Waals surface area contributed by atoms with E-state index in [4.69, 9.17) is 28.4 Å². The van der Waals surface area contributed by atoms with E-state index in [9.17, 15) is 0 Å². The third-order valence-corrected chi connectivity index (χ3v) is 3.76. The molecule has 0 aromatic heterocycles. The average molecular weight is 244 g/mol. The molecule has 6 atom stereocenters. The van der Waals surface area contributed by atoms with Gasteiger partial charge >= 0.3 is 0 Å². The molecule has 0 spiro atoms. The highest BCUT2D eigenvalue weighted by Crippen LogP contribution is 2.36. The minimum atomic E-state index is -0.301. The molecule has 4 rings (SSSR count). The highest BCUT2D eigenvalue weighted by Gasteiger charge is 2.49. The summed E-state index contributed by atoms with van der Waals surface area (Å²) in [5.41, 5.74) is 0. The van der Waals surface area contributed by atoms with Gasteiger partial charge in [-0.25, -0.2) is 0 Å². The Morgan fingerprint density at radius 3 is 2.53 bits per heavy atom. The lowest BCUT2D eigenvalue weighted by Gasteiger charge is -2.21. The zero-order valence-corrected chi connectivity index (χ0v) is 9.45. The van der Waals surface area contributed by atoms with E-state index in [0.717, 1.165) is 19.4 Å². The number of hydrogen-bond acceptors (Lipinski definition) is 6. The van der Waals surface area contributed by atoms with Crippen molar-refractivity contribution in [2.45, 2.75) is 49.8 Å². The van der Waals surface area contributed by atoms with Crippen molar-refractivity contribution >= 4 is 0 Å². The topological polar surface area (TPSA) is 55.4 Å². The average Bonchev–Trinajstić information content (AvgIpc) is 3.01. The number of fused-ring (bicyclic) bond motifs is 2. The van der Waals surface area contributed by atoms with Crippen LogP contribution < -0.4 is 0 Å². The van der Waals surface area contributed by atoms with E-state index >= 15 is 0 Å². The molecule has 0 aromatic rings. The fraction of sp³-hybridized carbons (Fsp3) is 1.00. The Morgan fingerprint density at radius 1 is 0.765 bits per heavy atom. The number of hydrogen-bond donors (Lipinski definition) is 0. The molecule has 0 N–H and O–H groups in total. The highest BCUT2D eigenvalue weighted by atomic mass is 16.8. The predicted molar refractivity (Wildman–Crippen MR) is 53.1 cm³/mol. The molecule has 4 fully saturated rings. The third-order valence-electron chi connectivity index (χ3n) is 3.76. The van der Waals surface area contributed by atoms with Crippen LogP contribution in [-0.2, 0) is 28.4 Å². The van der Waals surface area contributed by atoms with Crippen LogP contribution in [0.25, 0.3) is 0 Å². The zero-order chi connectivity index (χ0) is 11.2. The van der Waals surface area contributed by atoms with Gasteiger partial charge in [0.05, 0.1) is 12.7 Å². The second kappa shape index (κ2) is 4.15. The van der Waals surface area contributed by atoms with Crippen LogP contribution >= 0.6 is 0 Å². The van der Waals surface area contributed by atoms with E-state index in [0.29, 0.717) is 13.4 Å². The molecule has 0 aromatic carbocycles. The molecule has 0 radical (unpaired) electrons. The van der Waals surface area contributed by atoms with Gasteiger partial charge in [-0.1, -0.05) is 0 Å². The van der Waals surface area contributed by atoms with Gasteiger partial charge in [-0.15, -0.1) is 0 Å². The van der Waals surface area contributed by atoms with Gasteiger partial charge < -0.3 is 28.4 Å². The minimum absolute atomic E-state index is 0.0334. The first kappa shape index (κ1) is 10.7. The SMILES string of the molecule is C1CC2OC(C3CC4OCOC4O3)OC2CO1. The smallest absolute Gasteiger partial charge is 0.187 e. The van der Waals surface area contributed by atoms with Crippen LogP contribution in [0, 0.1) is 0 Å². The standard InChI is InChI=1S/C11H16O6/c1-2-12-4-9-6(1)15-11(17-9)8-3-7-10(16-8)14-5-13-7/h6-11H,1-5H2. The van der Waals surface area contributed by atoms with Gasteiger partial charge in [-0.3, -0.25) is 0 Å². The molecule has 0 bridgehead atoms. The van der Waals surface area contributed by atoms with Crippen molar-refractivity contribution in [3.63, 3.8) is 0 Å². The monoisotopic (exact) mass is 244 g/mol. The Morgan fingerprint density at radius 2 is 1.65 bits per heavy atom. The van der Waals surface area contributed by atoms with Gasteiger partial charge in [-0.2, -0.15) is 0 Å². The first-order valence-corrected chi connectivity index (χ1v) is 6.17. The summed E-state index contributed by atoms with van der Waals surface area (Å²) in [6.45, 7) is 1.70. The van der Waals surface area contributed by atoms with Gasteiger partial charge in [0.2, 0.25) is 0 Å². The maximum atomic E-state index is 5.88. The predicted octanol–water partition coefficient (Wildman–Crippen LogP) is 0.00470. The van der Waals surface area contributed by atoms with Crippen molar-refractivity contribution in [2.75, 3.05) is 20.0 Å². The molecule has 0 amide bonds. The highest BCUT2D eigenvalue weighted by molar-refractivity contribution is 4.88. The number of ether oxygens (including phenoxy) is 6. The maximum Gasteiger partial charge on any atom is 0.187 e. The molecule has 6 heteroatoms. The summed E-state index contributed by atoms with van der Waals surface area (Å²) >= 11 is 0. The van der Waals surface area contributed by atoms with Crippen LogP contribution in [0.2, 0.25) is 0 Å².